The van der Waals surface area contributed by atoms with E-state index < -0.39 is 0 Å². The van der Waals surface area contributed by atoms with Crippen LogP contribution in [0.3, 0.4) is 0 Å². The first kappa shape index (κ1) is 13.7. The molecule has 0 N–H and O–H groups in total. The molecule has 0 radical (unpaired) electrons. The predicted octanol–water partition coefficient (Wildman–Crippen LogP) is 5.08. The lowest BCUT2D eigenvalue weighted by Gasteiger charge is -2.02. The van der Waals surface area contributed by atoms with Gasteiger partial charge in [0.2, 0.25) is 0 Å². The number of hydrogen-bond acceptors (Lipinski definition) is 2. The zero-order valence-corrected chi connectivity index (χ0v) is 12.6. The van der Waals surface area contributed by atoms with Gasteiger partial charge in [-0.05, 0) is 30.3 Å². The van der Waals surface area contributed by atoms with E-state index in [0.29, 0.717) is 10.8 Å². The van der Waals surface area contributed by atoms with Gasteiger partial charge in [0.05, 0.1) is 5.75 Å². The second kappa shape index (κ2) is 6.41. The van der Waals surface area contributed by atoms with Gasteiger partial charge in [0.15, 0.2) is 5.78 Å². The van der Waals surface area contributed by atoms with Crippen molar-refractivity contribution in [3.63, 3.8) is 0 Å². The fourth-order valence-corrected chi connectivity index (χ4v) is 2.79. The Morgan fingerprint density at radius 1 is 1.17 bits per heavy atom. The van der Waals surface area contributed by atoms with E-state index in [1.807, 2.05) is 48.5 Å². The van der Waals surface area contributed by atoms with Crippen LogP contribution in [0, 0.1) is 0 Å². The topological polar surface area (TPSA) is 17.1 Å². The van der Waals surface area contributed by atoms with Crippen LogP contribution < -0.4 is 0 Å². The number of rotatable bonds is 4. The summed E-state index contributed by atoms with van der Waals surface area (Å²) in [5, 5.41) is 0.691. The van der Waals surface area contributed by atoms with Crippen LogP contribution in [0.25, 0.3) is 0 Å². The fraction of sp³-hybridized carbons (Fsp3) is 0.0714. The van der Waals surface area contributed by atoms with Gasteiger partial charge in [0.25, 0.3) is 0 Å². The molecule has 0 aromatic heterocycles. The third-order valence-electron chi connectivity index (χ3n) is 2.33. The van der Waals surface area contributed by atoms with Crippen molar-refractivity contribution in [2.75, 3.05) is 5.75 Å². The minimum atomic E-state index is 0.118. The third-order valence-corrected chi connectivity index (χ3v) is 4.09. The van der Waals surface area contributed by atoms with Crippen LogP contribution in [0.5, 0.6) is 0 Å². The molecule has 0 atom stereocenters. The lowest BCUT2D eigenvalue weighted by Crippen LogP contribution is -2.01. The highest BCUT2D eigenvalue weighted by Crippen LogP contribution is 2.22. The van der Waals surface area contributed by atoms with Crippen LogP contribution in [-0.2, 0) is 0 Å². The zero-order chi connectivity index (χ0) is 13.0. The highest BCUT2D eigenvalue weighted by molar-refractivity contribution is 9.10. The minimum Gasteiger partial charge on any atom is -0.293 e. The molecule has 18 heavy (non-hydrogen) atoms. The predicted molar refractivity (Wildman–Crippen MR) is 80.6 cm³/mol. The van der Waals surface area contributed by atoms with E-state index in [0.717, 1.165) is 14.9 Å². The summed E-state index contributed by atoms with van der Waals surface area (Å²) in [4.78, 5) is 13.0. The summed E-state index contributed by atoms with van der Waals surface area (Å²) < 4.78 is 0.974. The number of ketones is 1. The van der Waals surface area contributed by atoms with Gasteiger partial charge in [-0.25, -0.2) is 0 Å². The summed E-state index contributed by atoms with van der Waals surface area (Å²) in [5.41, 5.74) is 0.729. The van der Waals surface area contributed by atoms with Crippen molar-refractivity contribution in [2.24, 2.45) is 0 Å². The average molecular weight is 342 g/mol. The Labute approximate surface area is 124 Å². The molecule has 0 aliphatic rings. The van der Waals surface area contributed by atoms with Gasteiger partial charge in [-0.2, -0.15) is 0 Å². The van der Waals surface area contributed by atoms with E-state index in [-0.39, 0.29) is 5.78 Å². The second-order valence-corrected chi connectivity index (χ2v) is 6.08. The summed E-state index contributed by atoms with van der Waals surface area (Å²) in [6.45, 7) is 0. The summed E-state index contributed by atoms with van der Waals surface area (Å²) in [5.74, 6) is 0.537. The molecule has 2 aromatic rings. The van der Waals surface area contributed by atoms with Crippen molar-refractivity contribution in [1.29, 1.82) is 0 Å². The molecule has 0 bridgehead atoms. The molecule has 0 aliphatic heterocycles. The van der Waals surface area contributed by atoms with Crippen LogP contribution in [0.4, 0.5) is 0 Å². The maximum absolute atomic E-state index is 11.9. The summed E-state index contributed by atoms with van der Waals surface area (Å²) in [6.07, 6.45) is 0. The number of thioether (sulfide) groups is 1. The van der Waals surface area contributed by atoms with Gasteiger partial charge in [0, 0.05) is 20.0 Å². The van der Waals surface area contributed by atoms with E-state index in [2.05, 4.69) is 15.9 Å². The normalized spacial score (nSPS) is 10.3. The molecule has 0 fully saturated rings. The Morgan fingerprint density at radius 2 is 1.89 bits per heavy atom. The van der Waals surface area contributed by atoms with Crippen molar-refractivity contribution >= 4 is 45.1 Å². The Morgan fingerprint density at radius 3 is 2.56 bits per heavy atom. The van der Waals surface area contributed by atoms with Crippen molar-refractivity contribution in [3.05, 3.63) is 63.6 Å². The van der Waals surface area contributed by atoms with Crippen molar-refractivity contribution in [1.82, 2.24) is 0 Å². The van der Waals surface area contributed by atoms with Crippen LogP contribution in [0.15, 0.2) is 57.9 Å². The number of halogens is 2. The molecule has 0 spiro atoms. The molecule has 92 valence electrons. The first-order valence-corrected chi connectivity index (χ1v) is 7.48. The lowest BCUT2D eigenvalue weighted by atomic mass is 10.2. The van der Waals surface area contributed by atoms with E-state index >= 15 is 0 Å². The molecule has 2 aromatic carbocycles. The third kappa shape index (κ3) is 3.87. The fourth-order valence-electron chi connectivity index (χ4n) is 1.42. The van der Waals surface area contributed by atoms with Crippen molar-refractivity contribution in [3.8, 4) is 0 Å². The maximum atomic E-state index is 11.9. The lowest BCUT2D eigenvalue weighted by molar-refractivity contribution is 0.102. The first-order valence-electron chi connectivity index (χ1n) is 5.32. The molecule has 0 unspecified atom stereocenters. The quantitative estimate of drug-likeness (QED) is 0.570. The molecule has 0 aliphatic carbocycles. The summed E-state index contributed by atoms with van der Waals surface area (Å²) in [6, 6.07) is 14.9. The Kier molecular flexibility index (Phi) is 4.87. The van der Waals surface area contributed by atoms with E-state index in [9.17, 15) is 4.79 Å². The molecular formula is C14H10BrClOS. The van der Waals surface area contributed by atoms with Gasteiger partial charge in [-0.3, -0.25) is 4.79 Å². The minimum absolute atomic E-state index is 0.118. The Balaban J connectivity index is 1.98. The largest absolute Gasteiger partial charge is 0.293 e. The summed E-state index contributed by atoms with van der Waals surface area (Å²) in [7, 11) is 0. The van der Waals surface area contributed by atoms with Gasteiger partial charge in [-0.1, -0.05) is 45.7 Å². The molecular weight excluding hydrogens is 332 g/mol. The SMILES string of the molecule is O=C(CSc1cccc(Cl)c1)c1ccc(Br)cc1. The van der Waals surface area contributed by atoms with Crippen molar-refractivity contribution < 1.29 is 4.79 Å². The number of carbonyl (C=O) groups is 1. The highest BCUT2D eigenvalue weighted by Gasteiger charge is 2.06. The van der Waals surface area contributed by atoms with Crippen LogP contribution in [0.1, 0.15) is 10.4 Å². The highest BCUT2D eigenvalue weighted by atomic mass is 79.9. The van der Waals surface area contributed by atoms with Crippen molar-refractivity contribution in [2.45, 2.75) is 4.90 Å². The maximum Gasteiger partial charge on any atom is 0.173 e. The van der Waals surface area contributed by atoms with Crippen LogP contribution in [-0.4, -0.2) is 11.5 Å². The molecule has 2 rings (SSSR count). The molecule has 1 nitrogen and oxygen atoms in total. The van der Waals surface area contributed by atoms with Gasteiger partial charge >= 0.3 is 0 Å². The van der Waals surface area contributed by atoms with Crippen LogP contribution >= 0.6 is 39.3 Å². The zero-order valence-electron chi connectivity index (χ0n) is 9.40. The molecule has 0 heterocycles. The number of Topliss-reactive ketones (excluding diaryl/α,β-unsaturated/α-hetero) is 1. The van der Waals surface area contributed by atoms with E-state index in [1.165, 1.54) is 11.8 Å². The smallest absolute Gasteiger partial charge is 0.173 e. The number of carbonyl (C=O) groups excluding carboxylic acids is 1. The molecule has 4 heteroatoms. The van der Waals surface area contributed by atoms with Gasteiger partial charge in [0.1, 0.15) is 0 Å². The van der Waals surface area contributed by atoms with Crippen LogP contribution in [0.2, 0.25) is 5.02 Å². The Bertz CT molecular complexity index is 554. The average Bonchev–Trinajstić information content (AvgIpc) is 2.37. The standard InChI is InChI=1S/C14H10BrClOS/c15-11-6-4-10(5-7-11)14(17)9-18-13-3-1-2-12(16)8-13/h1-8H,9H2. The van der Waals surface area contributed by atoms with Gasteiger partial charge in [-0.15, -0.1) is 11.8 Å². The molecule has 0 saturated heterocycles. The number of hydrogen-bond donors (Lipinski definition) is 0. The van der Waals surface area contributed by atoms with Gasteiger partial charge < -0.3 is 0 Å². The van der Waals surface area contributed by atoms with E-state index in [4.69, 9.17) is 11.6 Å². The van der Waals surface area contributed by atoms with E-state index in [1.54, 1.807) is 0 Å². The molecule has 0 saturated carbocycles. The monoisotopic (exact) mass is 340 g/mol. The molecule has 0 amide bonds. The first-order chi connectivity index (χ1) is 8.65. The Hall–Kier alpha value is -0.770. The number of benzene rings is 2. The second-order valence-electron chi connectivity index (χ2n) is 3.68. The summed E-state index contributed by atoms with van der Waals surface area (Å²) >= 11 is 10.7.